The Hall–Kier alpha value is -1.06. The average Bonchev–Trinajstić information content (AvgIpc) is 2.61. The molecule has 78 valence electrons. The number of hydrogen-bond acceptors (Lipinski definition) is 2. The van der Waals surface area contributed by atoms with Crippen molar-refractivity contribution in [2.45, 2.75) is 32.1 Å². The van der Waals surface area contributed by atoms with E-state index in [0.29, 0.717) is 5.92 Å². The smallest absolute Gasteiger partial charge is 0.230 e. The zero-order valence-corrected chi connectivity index (χ0v) is 8.16. The van der Waals surface area contributed by atoms with Gasteiger partial charge in [0, 0.05) is 0 Å². The summed E-state index contributed by atoms with van der Waals surface area (Å²) in [6.45, 7) is 0. The van der Waals surface area contributed by atoms with Crippen LogP contribution in [0, 0.1) is 17.3 Å². The van der Waals surface area contributed by atoms with Crippen LogP contribution in [0.4, 0.5) is 0 Å². The summed E-state index contributed by atoms with van der Waals surface area (Å²) in [7, 11) is 0. The van der Waals surface area contributed by atoms with Gasteiger partial charge in [-0.2, -0.15) is 0 Å². The topological polar surface area (TPSA) is 86.2 Å². The van der Waals surface area contributed by atoms with Crippen LogP contribution in [-0.2, 0) is 9.59 Å². The Labute approximate surface area is 83.0 Å². The molecule has 14 heavy (non-hydrogen) atoms. The van der Waals surface area contributed by atoms with Gasteiger partial charge in [-0.1, -0.05) is 0 Å². The van der Waals surface area contributed by atoms with E-state index in [4.69, 9.17) is 11.5 Å². The summed E-state index contributed by atoms with van der Waals surface area (Å²) in [6.07, 6.45) is 5.08. The highest BCUT2D eigenvalue weighted by molar-refractivity contribution is 5.99. The largest absolute Gasteiger partial charge is 0.369 e. The SMILES string of the molecule is NC(=O)C(C(N)=O)C12CCC(CC1)C2. The number of carbonyl (C=O) groups excluding carboxylic acids is 2. The Morgan fingerprint density at radius 3 is 1.93 bits per heavy atom. The maximum absolute atomic E-state index is 11.2. The standard InChI is InChI=1S/C10H16N2O2/c11-8(13)7(9(12)14)10-3-1-6(5-10)2-4-10/h6-7H,1-5H2,(H2,11,13)(H2,12,14). The number of rotatable bonds is 3. The zero-order chi connectivity index (χ0) is 10.3. The fourth-order valence-electron chi connectivity index (χ4n) is 3.39. The number of primary amides is 2. The van der Waals surface area contributed by atoms with Crippen LogP contribution in [0.5, 0.6) is 0 Å². The zero-order valence-electron chi connectivity index (χ0n) is 8.16. The van der Waals surface area contributed by atoms with Gasteiger partial charge >= 0.3 is 0 Å². The summed E-state index contributed by atoms with van der Waals surface area (Å²) in [6, 6.07) is 0. The van der Waals surface area contributed by atoms with Crippen LogP contribution in [0.15, 0.2) is 0 Å². The van der Waals surface area contributed by atoms with Gasteiger partial charge in [-0.15, -0.1) is 0 Å². The van der Waals surface area contributed by atoms with Gasteiger partial charge in [-0.3, -0.25) is 9.59 Å². The second kappa shape index (κ2) is 2.97. The Balaban J connectivity index is 2.26. The molecule has 0 heterocycles. The lowest BCUT2D eigenvalue weighted by molar-refractivity contribution is -0.137. The van der Waals surface area contributed by atoms with E-state index in [0.717, 1.165) is 32.1 Å². The number of carbonyl (C=O) groups is 2. The first-order valence-corrected chi connectivity index (χ1v) is 5.14. The third-order valence-electron chi connectivity index (χ3n) is 3.98. The predicted octanol–water partition coefficient (Wildman–Crippen LogP) is 0.153. The molecule has 4 nitrogen and oxygen atoms in total. The van der Waals surface area contributed by atoms with Crippen molar-refractivity contribution in [2.24, 2.45) is 28.7 Å². The van der Waals surface area contributed by atoms with Gasteiger partial charge in [0.2, 0.25) is 11.8 Å². The van der Waals surface area contributed by atoms with E-state index in [9.17, 15) is 9.59 Å². The lowest BCUT2D eigenvalue weighted by Gasteiger charge is -2.31. The quantitative estimate of drug-likeness (QED) is 0.630. The van der Waals surface area contributed by atoms with Crippen molar-refractivity contribution in [1.82, 2.24) is 0 Å². The van der Waals surface area contributed by atoms with Crippen molar-refractivity contribution in [2.75, 3.05) is 0 Å². The van der Waals surface area contributed by atoms with Gasteiger partial charge in [-0.05, 0) is 43.4 Å². The van der Waals surface area contributed by atoms with E-state index in [-0.39, 0.29) is 5.41 Å². The average molecular weight is 196 g/mol. The Bertz CT molecular complexity index is 266. The van der Waals surface area contributed by atoms with Crippen molar-refractivity contribution in [1.29, 1.82) is 0 Å². The van der Waals surface area contributed by atoms with Crippen molar-refractivity contribution < 1.29 is 9.59 Å². The molecule has 4 N–H and O–H groups in total. The number of hydrogen-bond donors (Lipinski definition) is 2. The van der Waals surface area contributed by atoms with Crippen molar-refractivity contribution in [3.63, 3.8) is 0 Å². The van der Waals surface area contributed by atoms with Crippen molar-refractivity contribution in [3.8, 4) is 0 Å². The van der Waals surface area contributed by atoms with Crippen LogP contribution in [-0.4, -0.2) is 11.8 Å². The highest BCUT2D eigenvalue weighted by Crippen LogP contribution is 2.57. The number of fused-ring (bicyclic) bond motifs is 2. The van der Waals surface area contributed by atoms with Crippen LogP contribution in [0.2, 0.25) is 0 Å². The van der Waals surface area contributed by atoms with Gasteiger partial charge in [0.05, 0.1) is 0 Å². The Morgan fingerprint density at radius 2 is 1.64 bits per heavy atom. The summed E-state index contributed by atoms with van der Waals surface area (Å²) in [4.78, 5) is 22.5. The minimum atomic E-state index is -0.741. The summed E-state index contributed by atoms with van der Waals surface area (Å²) >= 11 is 0. The second-order valence-electron chi connectivity index (χ2n) is 4.75. The van der Waals surface area contributed by atoms with E-state index in [2.05, 4.69) is 0 Å². The van der Waals surface area contributed by atoms with E-state index in [1.165, 1.54) is 0 Å². The molecule has 2 amide bonds. The highest BCUT2D eigenvalue weighted by atomic mass is 16.2. The van der Waals surface area contributed by atoms with E-state index in [1.54, 1.807) is 0 Å². The molecular formula is C10H16N2O2. The van der Waals surface area contributed by atoms with Crippen LogP contribution in [0.25, 0.3) is 0 Å². The highest BCUT2D eigenvalue weighted by Gasteiger charge is 2.53. The summed E-state index contributed by atoms with van der Waals surface area (Å²) in [5.41, 5.74) is 10.3. The van der Waals surface area contributed by atoms with Crippen LogP contribution in [0.3, 0.4) is 0 Å². The minimum absolute atomic E-state index is 0.178. The van der Waals surface area contributed by atoms with Gasteiger partial charge < -0.3 is 11.5 Å². The predicted molar refractivity (Wildman–Crippen MR) is 50.9 cm³/mol. The molecule has 0 aliphatic heterocycles. The number of nitrogens with two attached hydrogens (primary N) is 2. The normalized spacial score (nSPS) is 35.1. The molecule has 2 saturated carbocycles. The lowest BCUT2D eigenvalue weighted by atomic mass is 9.72. The minimum Gasteiger partial charge on any atom is -0.369 e. The maximum atomic E-state index is 11.2. The molecule has 0 spiro atoms. The third-order valence-corrected chi connectivity index (χ3v) is 3.98. The monoisotopic (exact) mass is 196 g/mol. The van der Waals surface area contributed by atoms with E-state index in [1.807, 2.05) is 0 Å². The molecule has 2 aliphatic rings. The molecular weight excluding hydrogens is 180 g/mol. The van der Waals surface area contributed by atoms with Gasteiger partial charge in [-0.25, -0.2) is 0 Å². The van der Waals surface area contributed by atoms with Crippen molar-refractivity contribution in [3.05, 3.63) is 0 Å². The molecule has 0 unspecified atom stereocenters. The van der Waals surface area contributed by atoms with Crippen LogP contribution in [0.1, 0.15) is 32.1 Å². The molecule has 2 aliphatic carbocycles. The first-order valence-electron chi connectivity index (χ1n) is 5.14. The Kier molecular flexibility index (Phi) is 2.01. The van der Waals surface area contributed by atoms with Gasteiger partial charge in [0.1, 0.15) is 5.92 Å². The maximum Gasteiger partial charge on any atom is 0.230 e. The fraction of sp³-hybridized carbons (Fsp3) is 0.800. The summed E-state index contributed by atoms with van der Waals surface area (Å²) < 4.78 is 0. The van der Waals surface area contributed by atoms with E-state index < -0.39 is 17.7 Å². The second-order valence-corrected chi connectivity index (χ2v) is 4.75. The third kappa shape index (κ3) is 1.21. The molecule has 2 bridgehead atoms. The van der Waals surface area contributed by atoms with Gasteiger partial charge in [0.25, 0.3) is 0 Å². The first kappa shape index (κ1) is 9.49. The Morgan fingerprint density at radius 1 is 1.14 bits per heavy atom. The van der Waals surface area contributed by atoms with Gasteiger partial charge in [0.15, 0.2) is 0 Å². The molecule has 0 radical (unpaired) electrons. The molecule has 2 fully saturated rings. The lowest BCUT2D eigenvalue weighted by Crippen LogP contribution is -2.45. The summed E-state index contributed by atoms with van der Waals surface area (Å²) in [5.74, 6) is -1.13. The summed E-state index contributed by atoms with van der Waals surface area (Å²) in [5, 5.41) is 0. The molecule has 0 saturated heterocycles. The molecule has 0 atom stereocenters. The fourth-order valence-corrected chi connectivity index (χ4v) is 3.39. The first-order chi connectivity index (χ1) is 6.55. The van der Waals surface area contributed by atoms with Crippen LogP contribution < -0.4 is 11.5 Å². The molecule has 0 aromatic heterocycles. The molecule has 0 aromatic carbocycles. The van der Waals surface area contributed by atoms with Crippen LogP contribution >= 0.6 is 0 Å². The molecule has 2 rings (SSSR count). The molecule has 0 aromatic rings. The number of amides is 2. The van der Waals surface area contributed by atoms with E-state index >= 15 is 0 Å². The van der Waals surface area contributed by atoms with Crippen molar-refractivity contribution >= 4 is 11.8 Å². The molecule has 4 heteroatoms.